The number of aliphatic hydroxyl groups excluding tert-OH is 11. The van der Waals surface area contributed by atoms with Crippen molar-refractivity contribution in [3.8, 4) is 0 Å². The number of amides is 1. The molecule has 0 spiro atoms. The molecule has 3 aliphatic rings. The maximum atomic E-state index is 13.3. The van der Waals surface area contributed by atoms with E-state index in [1.165, 1.54) is 141 Å². The smallest absolute Gasteiger partial charge is 0.220 e. The lowest BCUT2D eigenvalue weighted by molar-refractivity contribution is -0.379. The summed E-state index contributed by atoms with van der Waals surface area (Å²) in [7, 11) is 0. The molecule has 81 heavy (non-hydrogen) atoms. The third kappa shape index (κ3) is 28.8. The summed E-state index contributed by atoms with van der Waals surface area (Å²) in [6, 6.07) is -0.993. The molecule has 17 atom stereocenters. The molecule has 19 heteroatoms. The minimum absolute atomic E-state index is 0.235. The third-order valence-corrected chi connectivity index (χ3v) is 15.9. The molecule has 3 heterocycles. The number of nitrogens with one attached hydrogen (secondary N) is 1. The van der Waals surface area contributed by atoms with E-state index >= 15 is 0 Å². The summed E-state index contributed by atoms with van der Waals surface area (Å²) in [5, 5.41) is 120. The Hall–Kier alpha value is -1.99. The molecule has 0 aromatic heterocycles. The number of hydrogen-bond donors (Lipinski definition) is 12. The van der Waals surface area contributed by atoms with Crippen molar-refractivity contribution in [3.05, 3.63) is 36.5 Å². The lowest BCUT2D eigenvalue weighted by Crippen LogP contribution is -2.66. The lowest BCUT2D eigenvalue weighted by Gasteiger charge is -2.48. The van der Waals surface area contributed by atoms with Gasteiger partial charge < -0.3 is 89.9 Å². The Balaban J connectivity index is 1.51. The van der Waals surface area contributed by atoms with Crippen molar-refractivity contribution < 1.29 is 89.4 Å². The minimum Gasteiger partial charge on any atom is -0.394 e. The van der Waals surface area contributed by atoms with E-state index in [4.69, 9.17) is 28.4 Å². The van der Waals surface area contributed by atoms with Gasteiger partial charge in [-0.25, -0.2) is 0 Å². The first-order valence-electron chi connectivity index (χ1n) is 31.7. The molecule has 474 valence electrons. The van der Waals surface area contributed by atoms with Gasteiger partial charge in [0.05, 0.1) is 38.6 Å². The van der Waals surface area contributed by atoms with Gasteiger partial charge in [0.1, 0.15) is 73.2 Å². The summed E-state index contributed by atoms with van der Waals surface area (Å²) in [5.74, 6) is -0.288. The Labute approximate surface area is 485 Å². The van der Waals surface area contributed by atoms with Crippen LogP contribution in [0.1, 0.15) is 219 Å². The zero-order valence-corrected chi connectivity index (χ0v) is 49.5. The number of rotatable bonds is 47. The summed E-state index contributed by atoms with van der Waals surface area (Å²) in [5.41, 5.74) is 0. The number of carbonyl (C=O) groups is 1. The summed E-state index contributed by atoms with van der Waals surface area (Å²) < 4.78 is 34.3. The molecule has 0 aliphatic carbocycles. The number of unbranched alkanes of at least 4 members (excludes halogenated alkanes) is 27. The van der Waals surface area contributed by atoms with Gasteiger partial charge in [0, 0.05) is 6.42 Å². The van der Waals surface area contributed by atoms with E-state index in [9.17, 15) is 61.0 Å². The van der Waals surface area contributed by atoms with Gasteiger partial charge in [-0.3, -0.25) is 4.79 Å². The molecule has 17 unspecified atom stereocenters. The predicted molar refractivity (Wildman–Crippen MR) is 309 cm³/mol. The van der Waals surface area contributed by atoms with Crippen molar-refractivity contribution >= 4 is 5.91 Å². The van der Waals surface area contributed by atoms with Crippen LogP contribution in [-0.4, -0.2) is 193 Å². The molecule has 1 amide bonds. The molecule has 0 aromatic rings. The fraction of sp³-hybridized carbons (Fsp3) is 0.887. The van der Waals surface area contributed by atoms with Crippen LogP contribution in [0.4, 0.5) is 0 Å². The zero-order chi connectivity index (χ0) is 59.0. The van der Waals surface area contributed by atoms with Crippen LogP contribution in [0.5, 0.6) is 0 Å². The first-order valence-corrected chi connectivity index (χ1v) is 31.7. The van der Waals surface area contributed by atoms with E-state index in [1.54, 1.807) is 6.08 Å². The molecular formula is C62H113NO18. The molecule has 0 bridgehead atoms. The van der Waals surface area contributed by atoms with Crippen molar-refractivity contribution in [1.82, 2.24) is 5.32 Å². The van der Waals surface area contributed by atoms with Gasteiger partial charge in [-0.2, -0.15) is 0 Å². The molecule has 3 fully saturated rings. The van der Waals surface area contributed by atoms with Gasteiger partial charge in [0.15, 0.2) is 18.9 Å². The van der Waals surface area contributed by atoms with Crippen molar-refractivity contribution in [2.75, 3.05) is 26.4 Å². The highest BCUT2D eigenvalue weighted by atomic mass is 16.8. The summed E-state index contributed by atoms with van der Waals surface area (Å²) >= 11 is 0. The first-order chi connectivity index (χ1) is 39.3. The number of ether oxygens (including phenoxy) is 6. The van der Waals surface area contributed by atoms with E-state index in [0.717, 1.165) is 44.9 Å². The van der Waals surface area contributed by atoms with Crippen LogP contribution in [0.2, 0.25) is 0 Å². The second-order valence-corrected chi connectivity index (χ2v) is 22.9. The molecular weight excluding hydrogens is 1050 g/mol. The van der Waals surface area contributed by atoms with Gasteiger partial charge in [0.2, 0.25) is 5.91 Å². The first kappa shape index (κ1) is 73.3. The topological polar surface area (TPSA) is 307 Å². The molecule has 0 saturated carbocycles. The average Bonchev–Trinajstić information content (AvgIpc) is 3.46. The molecule has 3 aliphatic heterocycles. The standard InChI is InChI=1S/C62H113NO18/c1-3-5-7-9-11-13-15-17-19-21-22-24-25-27-29-31-33-35-37-39-46(67)45(63-50(68)40-38-36-34-32-30-28-26-23-20-18-16-14-12-10-8-6-4-2)44-76-60-56(74)53(71)58(48(42-65)78-60)81-62-57(75)54(72)59(49(43-66)79-62)80-61-55(73)52(70)51(69)47(41-64)77-61/h22,24,29,31,37,39,45-49,51-62,64-67,69-75H,3-21,23,25-28,30,32-36,38,40-44H2,1-2H3,(H,63,68)/b24-22+,31-29+,39-37+. The van der Waals surface area contributed by atoms with E-state index < -0.39 is 124 Å². The molecule has 19 nitrogen and oxygen atoms in total. The fourth-order valence-electron chi connectivity index (χ4n) is 10.7. The Bertz CT molecular complexity index is 1620. The van der Waals surface area contributed by atoms with Crippen LogP contribution in [-0.2, 0) is 33.2 Å². The Morgan fingerprint density at radius 2 is 0.790 bits per heavy atom. The molecule has 3 rings (SSSR count). The van der Waals surface area contributed by atoms with Crippen molar-refractivity contribution in [2.45, 2.75) is 324 Å². The summed E-state index contributed by atoms with van der Waals surface area (Å²) in [4.78, 5) is 13.3. The van der Waals surface area contributed by atoms with Crippen molar-refractivity contribution in [3.63, 3.8) is 0 Å². The lowest BCUT2D eigenvalue weighted by atomic mass is 9.96. The number of hydrogen-bond acceptors (Lipinski definition) is 18. The number of carbonyl (C=O) groups excluding carboxylic acids is 1. The van der Waals surface area contributed by atoms with Gasteiger partial charge in [-0.05, 0) is 44.9 Å². The maximum Gasteiger partial charge on any atom is 0.220 e. The summed E-state index contributed by atoms with van der Waals surface area (Å²) in [6.07, 6.45) is 22.6. The molecule has 3 saturated heterocycles. The Morgan fingerprint density at radius 3 is 1.23 bits per heavy atom. The highest BCUT2D eigenvalue weighted by Crippen LogP contribution is 2.33. The van der Waals surface area contributed by atoms with E-state index in [1.807, 2.05) is 6.08 Å². The number of allylic oxidation sites excluding steroid dienone is 5. The number of aliphatic hydroxyl groups is 11. The second kappa shape index (κ2) is 45.3. The monoisotopic (exact) mass is 1160 g/mol. The van der Waals surface area contributed by atoms with Crippen LogP contribution in [0.15, 0.2) is 36.5 Å². The van der Waals surface area contributed by atoms with Crippen molar-refractivity contribution in [1.29, 1.82) is 0 Å². The van der Waals surface area contributed by atoms with Crippen LogP contribution in [0.25, 0.3) is 0 Å². The van der Waals surface area contributed by atoms with Gasteiger partial charge in [0.25, 0.3) is 0 Å². The van der Waals surface area contributed by atoms with Gasteiger partial charge in [-0.1, -0.05) is 204 Å². The Morgan fingerprint density at radius 1 is 0.432 bits per heavy atom. The largest absolute Gasteiger partial charge is 0.394 e. The van der Waals surface area contributed by atoms with E-state index in [2.05, 4.69) is 43.5 Å². The van der Waals surface area contributed by atoms with Crippen LogP contribution in [0.3, 0.4) is 0 Å². The second-order valence-electron chi connectivity index (χ2n) is 22.9. The molecule has 12 N–H and O–H groups in total. The van der Waals surface area contributed by atoms with Gasteiger partial charge in [-0.15, -0.1) is 0 Å². The summed E-state index contributed by atoms with van der Waals surface area (Å²) in [6.45, 7) is 1.71. The van der Waals surface area contributed by atoms with E-state index in [-0.39, 0.29) is 18.9 Å². The van der Waals surface area contributed by atoms with E-state index in [0.29, 0.717) is 12.8 Å². The Kier molecular flexibility index (Phi) is 41.0. The minimum atomic E-state index is -1.98. The fourth-order valence-corrected chi connectivity index (χ4v) is 10.7. The SMILES string of the molecule is CCCCCCCCCCC/C=C/CC/C=C/CC/C=C/C(O)C(COC1OC(CO)C(OC2OC(CO)C(OC3OC(CO)C(O)C(O)C3O)C(O)C2O)C(O)C1O)NC(=O)CCCCCCCCCCCCCCCCCCC. The molecule has 0 aromatic carbocycles. The highest BCUT2D eigenvalue weighted by Gasteiger charge is 2.53. The molecule has 0 radical (unpaired) electrons. The van der Waals surface area contributed by atoms with Crippen LogP contribution >= 0.6 is 0 Å². The van der Waals surface area contributed by atoms with Crippen LogP contribution < -0.4 is 5.32 Å². The average molecular weight is 1160 g/mol. The third-order valence-electron chi connectivity index (χ3n) is 15.9. The predicted octanol–water partition coefficient (Wildman–Crippen LogP) is 6.49. The normalized spacial score (nSPS) is 30.0. The van der Waals surface area contributed by atoms with Gasteiger partial charge >= 0.3 is 0 Å². The zero-order valence-electron chi connectivity index (χ0n) is 49.5. The van der Waals surface area contributed by atoms with Crippen LogP contribution in [0, 0.1) is 0 Å². The quantitative estimate of drug-likeness (QED) is 0.0229. The maximum absolute atomic E-state index is 13.3. The van der Waals surface area contributed by atoms with Crippen molar-refractivity contribution in [2.24, 2.45) is 0 Å². The highest BCUT2D eigenvalue weighted by molar-refractivity contribution is 5.76.